The second-order valence-electron chi connectivity index (χ2n) is 5.39. The molecule has 3 rings (SSSR count). The van der Waals surface area contributed by atoms with Gasteiger partial charge < -0.3 is 14.2 Å². The van der Waals surface area contributed by atoms with Gasteiger partial charge in [0.25, 0.3) is 5.91 Å². The van der Waals surface area contributed by atoms with Crippen molar-refractivity contribution in [1.29, 1.82) is 5.26 Å². The molecule has 1 aliphatic heterocycles. The zero-order chi connectivity index (χ0) is 16.2. The maximum absolute atomic E-state index is 12.4. The largest absolute Gasteiger partial charge is 0.384 e. The summed E-state index contributed by atoms with van der Waals surface area (Å²) < 4.78 is 10.2. The molecule has 1 aromatic carbocycles. The quantitative estimate of drug-likeness (QED) is 0.828. The highest BCUT2D eigenvalue weighted by atomic mass is 16.5. The van der Waals surface area contributed by atoms with Gasteiger partial charge >= 0.3 is 0 Å². The maximum atomic E-state index is 12.4. The molecule has 7 nitrogen and oxygen atoms in total. The minimum absolute atomic E-state index is 0.0712. The Morgan fingerprint density at radius 2 is 2.35 bits per heavy atom. The molecule has 1 aliphatic rings. The average Bonchev–Trinajstić information content (AvgIpc) is 3.00. The zero-order valence-corrected chi connectivity index (χ0v) is 12.7. The van der Waals surface area contributed by atoms with Gasteiger partial charge in [0.05, 0.1) is 24.2 Å². The first kappa shape index (κ1) is 15.2. The van der Waals surface area contributed by atoms with E-state index in [1.807, 2.05) is 6.07 Å². The SMILES string of the molecule is COCCc1noc(C2CN(C(=O)c3cccc(C#N)c3)C2)n1. The molecular formula is C16H16N4O3. The lowest BCUT2D eigenvalue weighted by Crippen LogP contribution is -2.48. The number of methoxy groups -OCH3 is 1. The van der Waals surface area contributed by atoms with Crippen LogP contribution in [0.15, 0.2) is 28.8 Å². The Labute approximate surface area is 133 Å². The Balaban J connectivity index is 1.59. The highest BCUT2D eigenvalue weighted by Crippen LogP contribution is 2.27. The number of hydrogen-bond donors (Lipinski definition) is 0. The first-order valence-electron chi connectivity index (χ1n) is 7.32. The molecule has 0 bridgehead atoms. The Morgan fingerprint density at radius 3 is 3.09 bits per heavy atom. The molecule has 2 heterocycles. The van der Waals surface area contributed by atoms with Gasteiger partial charge in [-0.05, 0) is 18.2 Å². The van der Waals surface area contributed by atoms with Crippen LogP contribution in [0.5, 0.6) is 0 Å². The summed E-state index contributed by atoms with van der Waals surface area (Å²) in [5.74, 6) is 1.17. The lowest BCUT2D eigenvalue weighted by molar-refractivity contribution is 0.0569. The molecule has 0 unspecified atom stereocenters. The second kappa shape index (κ2) is 6.58. The van der Waals surface area contributed by atoms with Crippen molar-refractivity contribution in [1.82, 2.24) is 15.0 Å². The summed E-state index contributed by atoms with van der Waals surface area (Å²) in [5, 5.41) is 12.8. The lowest BCUT2D eigenvalue weighted by atomic mass is 9.98. The smallest absolute Gasteiger partial charge is 0.253 e. The standard InChI is InChI=1S/C16H16N4O3/c1-22-6-5-14-18-15(23-19-14)13-9-20(10-13)16(21)12-4-2-3-11(7-12)8-17/h2-4,7,13H,5-6,9-10H2,1H3. The topological polar surface area (TPSA) is 92.3 Å². The molecule has 0 aliphatic carbocycles. The van der Waals surface area contributed by atoms with Crippen molar-refractivity contribution in [3.8, 4) is 6.07 Å². The molecule has 1 amide bonds. The van der Waals surface area contributed by atoms with Crippen LogP contribution in [0.25, 0.3) is 0 Å². The van der Waals surface area contributed by atoms with E-state index in [4.69, 9.17) is 14.5 Å². The molecule has 0 atom stereocenters. The summed E-state index contributed by atoms with van der Waals surface area (Å²) in [4.78, 5) is 18.4. The van der Waals surface area contributed by atoms with E-state index in [1.54, 1.807) is 36.3 Å². The van der Waals surface area contributed by atoms with E-state index in [-0.39, 0.29) is 11.8 Å². The van der Waals surface area contributed by atoms with E-state index in [0.717, 1.165) is 0 Å². The molecule has 0 spiro atoms. The van der Waals surface area contributed by atoms with Crippen molar-refractivity contribution in [2.24, 2.45) is 0 Å². The van der Waals surface area contributed by atoms with E-state index >= 15 is 0 Å². The third-order valence-corrected chi connectivity index (χ3v) is 3.77. The van der Waals surface area contributed by atoms with Crippen LogP contribution < -0.4 is 0 Å². The molecular weight excluding hydrogens is 296 g/mol. The number of nitrogens with zero attached hydrogens (tertiary/aromatic N) is 4. The van der Waals surface area contributed by atoms with Crippen LogP contribution >= 0.6 is 0 Å². The van der Waals surface area contributed by atoms with E-state index in [2.05, 4.69) is 10.1 Å². The number of aromatic nitrogens is 2. The molecule has 2 aromatic rings. The average molecular weight is 312 g/mol. The fraction of sp³-hybridized carbons (Fsp3) is 0.375. The van der Waals surface area contributed by atoms with Crippen LogP contribution in [-0.4, -0.2) is 47.8 Å². The summed E-state index contributed by atoms with van der Waals surface area (Å²) in [7, 11) is 1.62. The first-order valence-corrected chi connectivity index (χ1v) is 7.32. The van der Waals surface area contributed by atoms with Gasteiger partial charge in [-0.2, -0.15) is 10.2 Å². The summed E-state index contributed by atoms with van der Waals surface area (Å²) in [6.07, 6.45) is 0.607. The number of hydrogen-bond acceptors (Lipinski definition) is 6. The summed E-state index contributed by atoms with van der Waals surface area (Å²) in [6.45, 7) is 1.63. The molecule has 23 heavy (non-hydrogen) atoms. The normalized spacial score (nSPS) is 14.3. The van der Waals surface area contributed by atoms with Crippen molar-refractivity contribution in [3.05, 3.63) is 47.1 Å². The maximum Gasteiger partial charge on any atom is 0.253 e. The van der Waals surface area contributed by atoms with Gasteiger partial charge in [-0.25, -0.2) is 0 Å². The molecule has 0 saturated carbocycles. The number of likely N-dealkylation sites (tertiary alicyclic amines) is 1. The number of carbonyl (C=O) groups is 1. The minimum Gasteiger partial charge on any atom is -0.384 e. The monoisotopic (exact) mass is 312 g/mol. The van der Waals surface area contributed by atoms with E-state index in [9.17, 15) is 4.79 Å². The third-order valence-electron chi connectivity index (χ3n) is 3.77. The summed E-state index contributed by atoms with van der Waals surface area (Å²) >= 11 is 0. The number of benzene rings is 1. The predicted octanol–water partition coefficient (Wildman–Crippen LogP) is 1.37. The first-order chi connectivity index (χ1) is 11.2. The van der Waals surface area contributed by atoms with Gasteiger partial charge in [0.1, 0.15) is 0 Å². The summed E-state index contributed by atoms with van der Waals surface area (Å²) in [6, 6.07) is 8.74. The van der Waals surface area contributed by atoms with Gasteiger partial charge in [-0.1, -0.05) is 11.2 Å². The zero-order valence-electron chi connectivity index (χ0n) is 12.7. The van der Waals surface area contributed by atoms with E-state index in [0.29, 0.717) is 49.0 Å². The number of carbonyl (C=O) groups excluding carboxylic acids is 1. The van der Waals surface area contributed by atoms with Crippen LogP contribution in [0.4, 0.5) is 0 Å². The van der Waals surface area contributed by atoms with Crippen molar-refractivity contribution in [2.75, 3.05) is 26.8 Å². The van der Waals surface area contributed by atoms with Gasteiger partial charge in [-0.15, -0.1) is 0 Å². The third kappa shape index (κ3) is 3.22. The summed E-state index contributed by atoms with van der Waals surface area (Å²) in [5.41, 5.74) is 1.00. The van der Waals surface area contributed by atoms with Crippen molar-refractivity contribution in [3.63, 3.8) is 0 Å². The second-order valence-corrected chi connectivity index (χ2v) is 5.39. The molecule has 1 fully saturated rings. The Morgan fingerprint density at radius 1 is 1.52 bits per heavy atom. The van der Waals surface area contributed by atoms with Crippen LogP contribution in [0.2, 0.25) is 0 Å². The number of nitriles is 1. The van der Waals surface area contributed by atoms with Gasteiger partial charge in [0.2, 0.25) is 5.89 Å². The molecule has 0 N–H and O–H groups in total. The van der Waals surface area contributed by atoms with E-state index < -0.39 is 0 Å². The van der Waals surface area contributed by atoms with Crippen LogP contribution in [-0.2, 0) is 11.2 Å². The van der Waals surface area contributed by atoms with Crippen molar-refractivity contribution in [2.45, 2.75) is 12.3 Å². The Bertz CT molecular complexity index is 744. The molecule has 0 radical (unpaired) electrons. The molecule has 118 valence electrons. The van der Waals surface area contributed by atoms with Gasteiger partial charge in [-0.3, -0.25) is 4.79 Å². The fourth-order valence-electron chi connectivity index (χ4n) is 2.43. The molecule has 1 aromatic heterocycles. The minimum atomic E-state index is -0.0857. The van der Waals surface area contributed by atoms with Gasteiger partial charge in [0, 0.05) is 32.2 Å². The van der Waals surface area contributed by atoms with Crippen LogP contribution in [0.3, 0.4) is 0 Å². The number of amides is 1. The van der Waals surface area contributed by atoms with Crippen LogP contribution in [0, 0.1) is 11.3 Å². The molecule has 7 heteroatoms. The van der Waals surface area contributed by atoms with E-state index in [1.165, 1.54) is 0 Å². The number of rotatable bonds is 5. The number of ether oxygens (including phenoxy) is 1. The Hall–Kier alpha value is -2.72. The fourth-order valence-corrected chi connectivity index (χ4v) is 2.43. The molecule has 1 saturated heterocycles. The predicted molar refractivity (Wildman–Crippen MR) is 79.7 cm³/mol. The van der Waals surface area contributed by atoms with Crippen molar-refractivity contribution < 1.29 is 14.1 Å². The Kier molecular flexibility index (Phi) is 4.35. The highest BCUT2D eigenvalue weighted by molar-refractivity contribution is 5.95. The van der Waals surface area contributed by atoms with Crippen LogP contribution in [0.1, 0.15) is 33.6 Å². The van der Waals surface area contributed by atoms with Gasteiger partial charge in [0.15, 0.2) is 5.82 Å². The van der Waals surface area contributed by atoms with Crippen molar-refractivity contribution >= 4 is 5.91 Å². The lowest BCUT2D eigenvalue weighted by Gasteiger charge is -2.37. The highest BCUT2D eigenvalue weighted by Gasteiger charge is 2.36.